The molecule has 0 spiro atoms. The molecule has 0 radical (unpaired) electrons. The minimum atomic E-state index is -0.695. The van der Waals surface area contributed by atoms with Crippen LogP contribution in [0.4, 0.5) is 0 Å². The zero-order valence-corrected chi connectivity index (χ0v) is 32.8. The molecule has 0 saturated heterocycles. The second-order valence-electron chi connectivity index (χ2n) is 13.7. The summed E-state index contributed by atoms with van der Waals surface area (Å²) in [6.45, 7) is 23.1. The van der Waals surface area contributed by atoms with E-state index in [-0.39, 0.29) is 23.9 Å². The molecule has 0 aliphatic heterocycles. The Balaban J connectivity index is -0.000000746. The first-order chi connectivity index (χ1) is 22.6. The molecule has 0 rings (SSSR count). The number of methoxy groups -OCH3 is 2. The molecule has 0 aromatic carbocycles. The topological polar surface area (TPSA) is 105 Å². The summed E-state index contributed by atoms with van der Waals surface area (Å²) in [6, 6.07) is 0. The van der Waals surface area contributed by atoms with Crippen molar-refractivity contribution in [3.8, 4) is 0 Å². The maximum absolute atomic E-state index is 12.4. The van der Waals surface area contributed by atoms with Crippen LogP contribution in [0.1, 0.15) is 171 Å². The largest absolute Gasteiger partial charge is 0.469 e. The van der Waals surface area contributed by atoms with Gasteiger partial charge in [0, 0.05) is 11.1 Å². The van der Waals surface area contributed by atoms with E-state index in [1.54, 1.807) is 13.8 Å². The van der Waals surface area contributed by atoms with Crippen LogP contribution in [-0.4, -0.2) is 51.3 Å². The Kier molecular flexibility index (Phi) is 32.8. The van der Waals surface area contributed by atoms with Gasteiger partial charge in [-0.2, -0.15) is 0 Å². The molecule has 0 aromatic heterocycles. The highest BCUT2D eigenvalue weighted by Gasteiger charge is 2.42. The molecule has 8 heteroatoms. The van der Waals surface area contributed by atoms with E-state index in [1.807, 2.05) is 27.7 Å². The molecule has 8 nitrogen and oxygen atoms in total. The van der Waals surface area contributed by atoms with Gasteiger partial charge < -0.3 is 18.9 Å². The highest BCUT2D eigenvalue weighted by atomic mass is 16.5. The molecular weight excluding hydrogens is 608 g/mol. The number of rotatable bonds is 25. The molecule has 0 saturated carbocycles. The van der Waals surface area contributed by atoms with Gasteiger partial charge in [-0.05, 0) is 60.3 Å². The Bertz CT molecular complexity index is 892. The fourth-order valence-corrected chi connectivity index (χ4v) is 4.93. The lowest BCUT2D eigenvalue weighted by Gasteiger charge is -2.33. The molecular formula is C40H74O8. The fourth-order valence-electron chi connectivity index (χ4n) is 4.93. The summed E-state index contributed by atoms with van der Waals surface area (Å²) in [5.41, 5.74) is -0.434. The average molecular weight is 683 g/mol. The minimum Gasteiger partial charge on any atom is -0.469 e. The van der Waals surface area contributed by atoms with Gasteiger partial charge in [-0.15, -0.1) is 0 Å². The van der Waals surface area contributed by atoms with E-state index in [9.17, 15) is 19.2 Å². The Morgan fingerprint density at radius 3 is 1.21 bits per heavy atom. The fraction of sp³-hybridized carbons (Fsp3) is 0.800. The predicted octanol–water partition coefficient (Wildman–Crippen LogP) is 10.7. The summed E-state index contributed by atoms with van der Waals surface area (Å²) < 4.78 is 19.6. The summed E-state index contributed by atoms with van der Waals surface area (Å²) in [5.74, 6) is -1.10. The van der Waals surface area contributed by atoms with Gasteiger partial charge in [0.2, 0.25) is 0 Å². The van der Waals surface area contributed by atoms with Crippen LogP contribution < -0.4 is 0 Å². The number of hydrogen-bond donors (Lipinski definition) is 0. The van der Waals surface area contributed by atoms with E-state index < -0.39 is 10.8 Å². The predicted molar refractivity (Wildman–Crippen MR) is 198 cm³/mol. The highest BCUT2D eigenvalue weighted by molar-refractivity contribution is 5.87. The lowest BCUT2D eigenvalue weighted by atomic mass is 9.72. The lowest BCUT2D eigenvalue weighted by molar-refractivity contribution is -0.161. The van der Waals surface area contributed by atoms with Crippen LogP contribution in [0.5, 0.6) is 0 Å². The first-order valence-corrected chi connectivity index (χ1v) is 18.4. The molecule has 0 aromatic rings. The van der Waals surface area contributed by atoms with Crippen molar-refractivity contribution in [1.82, 2.24) is 0 Å². The van der Waals surface area contributed by atoms with Crippen LogP contribution in [0.15, 0.2) is 24.3 Å². The smallest absolute Gasteiger partial charge is 0.333 e. The van der Waals surface area contributed by atoms with E-state index >= 15 is 0 Å². The third-order valence-corrected chi connectivity index (χ3v) is 8.19. The summed E-state index contributed by atoms with van der Waals surface area (Å²) in [4.78, 5) is 45.6. The van der Waals surface area contributed by atoms with Crippen molar-refractivity contribution >= 4 is 23.9 Å². The van der Waals surface area contributed by atoms with Crippen LogP contribution >= 0.6 is 0 Å². The van der Waals surface area contributed by atoms with Crippen molar-refractivity contribution in [2.24, 2.45) is 10.8 Å². The number of carbonyl (C=O) groups is 4. The summed E-state index contributed by atoms with van der Waals surface area (Å²) in [5, 5.41) is 0. The molecule has 48 heavy (non-hydrogen) atoms. The second kappa shape index (κ2) is 31.6. The van der Waals surface area contributed by atoms with E-state index in [4.69, 9.17) is 14.2 Å². The maximum Gasteiger partial charge on any atom is 0.333 e. The lowest BCUT2D eigenvalue weighted by Crippen LogP contribution is -2.38. The van der Waals surface area contributed by atoms with Gasteiger partial charge >= 0.3 is 23.9 Å². The van der Waals surface area contributed by atoms with Crippen LogP contribution in [0.25, 0.3) is 0 Å². The number of esters is 4. The summed E-state index contributed by atoms with van der Waals surface area (Å²) in [6.07, 6.45) is 20.9. The van der Waals surface area contributed by atoms with Crippen LogP contribution in [0, 0.1) is 10.8 Å². The van der Waals surface area contributed by atoms with Crippen LogP contribution in [-0.2, 0) is 38.1 Å². The molecule has 0 heterocycles. The molecule has 0 fully saturated rings. The van der Waals surface area contributed by atoms with Crippen molar-refractivity contribution in [1.29, 1.82) is 0 Å². The molecule has 0 N–H and O–H groups in total. The standard InChI is InChI=1S/C21H40O4.C14H26O2.C5H8O2/c1-7-9-10-11-12-13-14-15-16-25-18(22)20(3,4)17-21(5,8-2)19(23)24-6;1-4-5-6-7-8-9-10-11-12-16-14(15)13(2)3;1-4(2)5(6)7-3/h7-17H2,1-6H3;2,4-12H2,1,3H3;1H2,2-3H3. The van der Waals surface area contributed by atoms with Gasteiger partial charge in [-0.3, -0.25) is 9.59 Å². The normalized spacial score (nSPS) is 11.8. The van der Waals surface area contributed by atoms with Gasteiger partial charge in [-0.1, -0.05) is 124 Å². The molecule has 0 amide bonds. The van der Waals surface area contributed by atoms with Crippen molar-refractivity contribution < 1.29 is 38.1 Å². The maximum atomic E-state index is 12.4. The summed E-state index contributed by atoms with van der Waals surface area (Å²) in [7, 11) is 2.72. The van der Waals surface area contributed by atoms with E-state index in [0.29, 0.717) is 37.2 Å². The molecule has 1 atom stereocenters. The van der Waals surface area contributed by atoms with Crippen molar-refractivity contribution in [3.05, 3.63) is 24.3 Å². The Morgan fingerprint density at radius 2 is 0.896 bits per heavy atom. The molecule has 0 bridgehead atoms. The quantitative estimate of drug-likeness (QED) is 0.0405. The zero-order valence-electron chi connectivity index (χ0n) is 32.8. The van der Waals surface area contributed by atoms with E-state index in [2.05, 4.69) is 31.7 Å². The number of carbonyl (C=O) groups excluding carboxylic acids is 4. The first-order valence-electron chi connectivity index (χ1n) is 18.4. The highest BCUT2D eigenvalue weighted by Crippen LogP contribution is 2.38. The minimum absolute atomic E-state index is 0.223. The Morgan fingerprint density at radius 1 is 0.521 bits per heavy atom. The van der Waals surface area contributed by atoms with Crippen LogP contribution in [0.3, 0.4) is 0 Å². The second-order valence-corrected chi connectivity index (χ2v) is 13.7. The van der Waals surface area contributed by atoms with Gasteiger partial charge in [0.25, 0.3) is 0 Å². The molecule has 1 unspecified atom stereocenters. The third-order valence-electron chi connectivity index (χ3n) is 8.19. The Labute approximate surface area is 295 Å². The first kappa shape index (κ1) is 49.7. The van der Waals surface area contributed by atoms with Gasteiger partial charge in [-0.25, -0.2) is 9.59 Å². The van der Waals surface area contributed by atoms with Crippen molar-refractivity contribution in [3.63, 3.8) is 0 Å². The van der Waals surface area contributed by atoms with E-state index in [0.717, 1.165) is 25.7 Å². The molecule has 0 aliphatic rings. The summed E-state index contributed by atoms with van der Waals surface area (Å²) >= 11 is 0. The number of hydrogen-bond acceptors (Lipinski definition) is 8. The number of ether oxygens (including phenoxy) is 4. The molecule has 282 valence electrons. The van der Waals surface area contributed by atoms with Crippen molar-refractivity contribution in [2.45, 2.75) is 171 Å². The van der Waals surface area contributed by atoms with Crippen LogP contribution in [0.2, 0.25) is 0 Å². The average Bonchev–Trinajstić information content (AvgIpc) is 3.05. The van der Waals surface area contributed by atoms with Gasteiger partial charge in [0.1, 0.15) is 0 Å². The monoisotopic (exact) mass is 683 g/mol. The molecule has 0 aliphatic carbocycles. The van der Waals surface area contributed by atoms with E-state index in [1.165, 1.54) is 91.3 Å². The van der Waals surface area contributed by atoms with Crippen molar-refractivity contribution in [2.75, 3.05) is 27.4 Å². The Hall–Kier alpha value is -2.64. The SMILES string of the molecule is C=C(C)C(=O)OC.C=C(C)C(=O)OCCCCCCCCCC.CCCCCCCCCCOC(=O)C(C)(C)CC(C)(CC)C(=O)OC. The van der Waals surface area contributed by atoms with Gasteiger partial charge in [0.15, 0.2) is 0 Å². The third kappa shape index (κ3) is 28.4. The zero-order chi connectivity index (χ0) is 37.4. The number of unbranched alkanes of at least 4 members (excludes halogenated alkanes) is 14. The van der Waals surface area contributed by atoms with Gasteiger partial charge in [0.05, 0.1) is 38.3 Å².